The van der Waals surface area contributed by atoms with Crippen molar-refractivity contribution in [1.29, 1.82) is 0 Å². The lowest BCUT2D eigenvalue weighted by Gasteiger charge is -2.34. The monoisotopic (exact) mass is 405 g/mol. The highest BCUT2D eigenvalue weighted by Gasteiger charge is 2.18. The van der Waals surface area contributed by atoms with Crippen LogP contribution in [0.5, 0.6) is 0 Å². The normalized spacial score (nSPS) is 15.6. The Morgan fingerprint density at radius 2 is 1.44 bits per heavy atom. The molecule has 1 N–H and O–H groups in total. The van der Waals surface area contributed by atoms with Crippen LogP contribution in [0.15, 0.2) is 48.5 Å². The number of carbonyl (C=O) groups excluding carboxylic acids is 1. The molecule has 1 fully saturated rings. The lowest BCUT2D eigenvalue weighted by Crippen LogP contribution is -2.47. The van der Waals surface area contributed by atoms with Crippen LogP contribution in [0.25, 0.3) is 0 Å². The summed E-state index contributed by atoms with van der Waals surface area (Å²) in [5.74, 6) is -0.0588. The Hall–Kier alpha value is -1.59. The molecule has 0 radical (unpaired) electrons. The number of benzene rings is 2. The molecule has 1 saturated heterocycles. The zero-order chi connectivity index (χ0) is 19.1. The van der Waals surface area contributed by atoms with E-state index in [1.165, 1.54) is 5.56 Å². The minimum absolute atomic E-state index is 0.0588. The highest BCUT2D eigenvalue weighted by atomic mass is 35.5. The van der Waals surface area contributed by atoms with Crippen LogP contribution in [0.3, 0.4) is 0 Å². The van der Waals surface area contributed by atoms with Crippen LogP contribution in [0, 0.1) is 0 Å². The molecule has 2 aromatic carbocycles. The van der Waals surface area contributed by atoms with E-state index in [0.717, 1.165) is 45.7 Å². The number of anilines is 1. The fourth-order valence-corrected chi connectivity index (χ4v) is 3.74. The first-order valence-corrected chi connectivity index (χ1v) is 10.1. The molecule has 1 aliphatic heterocycles. The van der Waals surface area contributed by atoms with Crippen molar-refractivity contribution >= 4 is 34.8 Å². The molecule has 4 nitrogen and oxygen atoms in total. The average molecular weight is 406 g/mol. The number of nitrogens with zero attached hydrogens (tertiary/aromatic N) is 2. The van der Waals surface area contributed by atoms with Gasteiger partial charge in [-0.25, -0.2) is 0 Å². The van der Waals surface area contributed by atoms with Crippen molar-refractivity contribution in [3.8, 4) is 0 Å². The van der Waals surface area contributed by atoms with Crippen LogP contribution in [0.1, 0.15) is 12.0 Å². The van der Waals surface area contributed by atoms with Gasteiger partial charge in [0.15, 0.2) is 0 Å². The molecule has 2 aromatic rings. The van der Waals surface area contributed by atoms with Crippen LogP contribution in [-0.4, -0.2) is 55.0 Å². The minimum Gasteiger partial charge on any atom is -0.324 e. The number of amides is 1. The van der Waals surface area contributed by atoms with Gasteiger partial charge in [0.1, 0.15) is 0 Å². The van der Waals surface area contributed by atoms with Crippen molar-refractivity contribution in [3.63, 3.8) is 0 Å². The number of hydrogen-bond donors (Lipinski definition) is 1. The maximum absolute atomic E-state index is 12.2. The maximum Gasteiger partial charge on any atom is 0.225 e. The van der Waals surface area contributed by atoms with E-state index in [-0.39, 0.29) is 5.91 Å². The van der Waals surface area contributed by atoms with Crippen LogP contribution >= 0.6 is 23.2 Å². The highest BCUT2D eigenvalue weighted by Crippen LogP contribution is 2.29. The third-order valence-electron chi connectivity index (χ3n) is 4.91. The van der Waals surface area contributed by atoms with E-state index in [4.69, 9.17) is 23.2 Å². The van der Waals surface area contributed by atoms with Gasteiger partial charge in [-0.2, -0.15) is 0 Å². The van der Waals surface area contributed by atoms with E-state index >= 15 is 0 Å². The molecule has 1 aliphatic rings. The molecular formula is C21H25Cl2N3O. The molecule has 0 unspecified atom stereocenters. The molecule has 0 aromatic heterocycles. The van der Waals surface area contributed by atoms with Crippen LogP contribution in [-0.2, 0) is 11.2 Å². The minimum atomic E-state index is -0.0588. The summed E-state index contributed by atoms with van der Waals surface area (Å²) in [5, 5.41) is 3.75. The molecule has 27 heavy (non-hydrogen) atoms. The first-order chi connectivity index (χ1) is 13.1. The number of piperazine rings is 1. The topological polar surface area (TPSA) is 35.6 Å². The van der Waals surface area contributed by atoms with Gasteiger partial charge in [0.25, 0.3) is 0 Å². The van der Waals surface area contributed by atoms with Crippen molar-refractivity contribution in [1.82, 2.24) is 9.80 Å². The Labute approximate surface area is 171 Å². The molecule has 0 bridgehead atoms. The predicted octanol–water partition coefficient (Wildman–Crippen LogP) is 4.18. The number of rotatable bonds is 7. The number of halogens is 2. The Morgan fingerprint density at radius 3 is 2.07 bits per heavy atom. The summed E-state index contributed by atoms with van der Waals surface area (Å²) in [4.78, 5) is 17.1. The van der Waals surface area contributed by atoms with Crippen molar-refractivity contribution in [2.24, 2.45) is 0 Å². The molecule has 1 amide bonds. The molecule has 0 saturated carbocycles. The maximum atomic E-state index is 12.2. The molecular weight excluding hydrogens is 381 g/mol. The van der Waals surface area contributed by atoms with Gasteiger partial charge in [-0.05, 0) is 24.1 Å². The van der Waals surface area contributed by atoms with Gasteiger partial charge in [0.05, 0.1) is 15.7 Å². The van der Waals surface area contributed by atoms with Gasteiger partial charge < -0.3 is 15.1 Å². The lowest BCUT2D eigenvalue weighted by atomic mass is 10.1. The van der Waals surface area contributed by atoms with Gasteiger partial charge >= 0.3 is 0 Å². The fourth-order valence-electron chi connectivity index (χ4n) is 3.25. The highest BCUT2D eigenvalue weighted by molar-refractivity contribution is 6.39. The SMILES string of the molecule is O=C(CCN1CCN(CCc2ccccc2)CC1)Nc1c(Cl)cccc1Cl. The molecule has 0 spiro atoms. The molecule has 3 rings (SSSR count). The summed E-state index contributed by atoms with van der Waals surface area (Å²) >= 11 is 12.2. The van der Waals surface area contributed by atoms with Crippen LogP contribution < -0.4 is 5.32 Å². The third-order valence-corrected chi connectivity index (χ3v) is 5.54. The van der Waals surface area contributed by atoms with E-state index in [1.54, 1.807) is 18.2 Å². The lowest BCUT2D eigenvalue weighted by molar-refractivity contribution is -0.116. The fraction of sp³-hybridized carbons (Fsp3) is 0.381. The summed E-state index contributed by atoms with van der Waals surface area (Å²) in [6, 6.07) is 15.8. The van der Waals surface area contributed by atoms with E-state index in [1.807, 2.05) is 0 Å². The summed E-state index contributed by atoms with van der Waals surface area (Å²) in [5.41, 5.74) is 1.88. The Morgan fingerprint density at radius 1 is 0.852 bits per heavy atom. The second kappa shape index (κ2) is 10.1. The average Bonchev–Trinajstić information content (AvgIpc) is 2.69. The van der Waals surface area contributed by atoms with Crippen molar-refractivity contribution in [3.05, 3.63) is 64.1 Å². The summed E-state index contributed by atoms with van der Waals surface area (Å²) in [6.45, 7) is 5.92. The second-order valence-corrected chi connectivity index (χ2v) is 7.63. The smallest absolute Gasteiger partial charge is 0.225 e. The zero-order valence-electron chi connectivity index (χ0n) is 15.3. The third kappa shape index (κ3) is 6.22. The number of carbonyl (C=O) groups is 1. The Balaban J connectivity index is 1.36. The quantitative estimate of drug-likeness (QED) is 0.749. The second-order valence-electron chi connectivity index (χ2n) is 6.81. The first kappa shape index (κ1) is 20.2. The predicted molar refractivity (Wildman–Crippen MR) is 113 cm³/mol. The summed E-state index contributed by atoms with van der Waals surface area (Å²) in [6.07, 6.45) is 1.52. The van der Waals surface area contributed by atoms with Gasteiger partial charge in [-0.15, -0.1) is 0 Å². The zero-order valence-corrected chi connectivity index (χ0v) is 16.8. The van der Waals surface area contributed by atoms with Crippen molar-refractivity contribution in [2.75, 3.05) is 44.6 Å². The van der Waals surface area contributed by atoms with E-state index in [2.05, 4.69) is 45.4 Å². The van der Waals surface area contributed by atoms with Gasteiger partial charge in [-0.3, -0.25) is 4.79 Å². The standard InChI is InChI=1S/C21H25Cl2N3O/c22-18-7-4-8-19(23)21(18)24-20(27)10-12-26-15-13-25(14-16-26)11-9-17-5-2-1-3-6-17/h1-8H,9-16H2,(H,24,27). The molecule has 0 aliphatic carbocycles. The van der Waals surface area contributed by atoms with Crippen molar-refractivity contribution < 1.29 is 4.79 Å². The molecule has 1 heterocycles. The largest absolute Gasteiger partial charge is 0.324 e. The van der Waals surface area contributed by atoms with E-state index in [0.29, 0.717) is 22.2 Å². The first-order valence-electron chi connectivity index (χ1n) is 9.34. The summed E-state index contributed by atoms with van der Waals surface area (Å²) < 4.78 is 0. The van der Waals surface area contributed by atoms with Gasteiger partial charge in [0.2, 0.25) is 5.91 Å². The molecule has 144 valence electrons. The Kier molecular flexibility index (Phi) is 7.53. The van der Waals surface area contributed by atoms with E-state index in [9.17, 15) is 4.79 Å². The van der Waals surface area contributed by atoms with Crippen LogP contribution in [0.2, 0.25) is 10.0 Å². The molecule has 0 atom stereocenters. The Bertz CT molecular complexity index is 726. The molecule has 6 heteroatoms. The van der Waals surface area contributed by atoms with Gasteiger partial charge in [-0.1, -0.05) is 59.6 Å². The van der Waals surface area contributed by atoms with E-state index < -0.39 is 0 Å². The van der Waals surface area contributed by atoms with Crippen LogP contribution in [0.4, 0.5) is 5.69 Å². The number of hydrogen-bond acceptors (Lipinski definition) is 3. The number of para-hydroxylation sites is 1. The van der Waals surface area contributed by atoms with Gasteiger partial charge in [0, 0.05) is 45.7 Å². The summed E-state index contributed by atoms with van der Waals surface area (Å²) in [7, 11) is 0. The number of nitrogens with one attached hydrogen (secondary N) is 1. The van der Waals surface area contributed by atoms with Crippen molar-refractivity contribution in [2.45, 2.75) is 12.8 Å².